The van der Waals surface area contributed by atoms with Gasteiger partial charge < -0.3 is 19.6 Å². The number of nitrogens with one attached hydrogen (secondary N) is 1. The number of aromatic nitrogens is 2. The second kappa shape index (κ2) is 8.62. The molecule has 162 valence electrons. The molecule has 2 aromatic heterocycles. The number of pyridine rings is 1. The summed E-state index contributed by atoms with van der Waals surface area (Å²) in [7, 11) is 0. The second-order valence-electron chi connectivity index (χ2n) is 8.76. The van der Waals surface area contributed by atoms with Crippen molar-refractivity contribution in [3.63, 3.8) is 0 Å². The van der Waals surface area contributed by atoms with Crippen molar-refractivity contribution in [2.24, 2.45) is 0 Å². The summed E-state index contributed by atoms with van der Waals surface area (Å²) in [5, 5.41) is 7.85. The predicted molar refractivity (Wildman–Crippen MR) is 114 cm³/mol. The van der Waals surface area contributed by atoms with Gasteiger partial charge in [-0.1, -0.05) is 38.3 Å². The number of aryl methyl sites for hydroxylation is 1. The molecule has 0 unspecified atom stereocenters. The van der Waals surface area contributed by atoms with Crippen molar-refractivity contribution in [3.8, 4) is 0 Å². The number of hydrogen-bond donors (Lipinski definition) is 1. The minimum Gasteiger partial charge on any atom is -0.336 e. The van der Waals surface area contributed by atoms with E-state index in [9.17, 15) is 9.59 Å². The van der Waals surface area contributed by atoms with Crippen molar-refractivity contribution in [1.29, 1.82) is 0 Å². The molecule has 8 heteroatoms. The highest BCUT2D eigenvalue weighted by Gasteiger charge is 2.29. The molecular weight excluding hydrogens is 382 g/mol. The van der Waals surface area contributed by atoms with Gasteiger partial charge in [0.15, 0.2) is 0 Å². The number of carbonyl (C=O) groups excluding carboxylic acids is 2. The van der Waals surface area contributed by atoms with Gasteiger partial charge >= 0.3 is 6.03 Å². The van der Waals surface area contributed by atoms with Gasteiger partial charge in [-0.15, -0.1) is 0 Å². The lowest BCUT2D eigenvalue weighted by atomic mass is 9.96. The zero-order valence-corrected chi connectivity index (χ0v) is 18.1. The molecule has 2 aromatic rings. The van der Waals surface area contributed by atoms with Crippen molar-refractivity contribution in [3.05, 3.63) is 23.0 Å². The molecule has 2 fully saturated rings. The van der Waals surface area contributed by atoms with Crippen LogP contribution in [0.3, 0.4) is 0 Å². The SMILES string of the molecule is Cc1noc2nc(C(C)C)cc(C(=O)N3CCN(C(=O)NC4CCCCC4)CC3)c12. The minimum absolute atomic E-state index is 0.00252. The summed E-state index contributed by atoms with van der Waals surface area (Å²) in [6.07, 6.45) is 5.78. The number of hydrogen-bond acceptors (Lipinski definition) is 5. The highest BCUT2D eigenvalue weighted by molar-refractivity contribution is 6.06. The number of rotatable bonds is 3. The first kappa shape index (κ1) is 20.6. The summed E-state index contributed by atoms with van der Waals surface area (Å²) in [5.74, 6) is 0.120. The van der Waals surface area contributed by atoms with Crippen LogP contribution in [0.5, 0.6) is 0 Å². The number of piperazine rings is 1. The largest absolute Gasteiger partial charge is 0.336 e. The van der Waals surface area contributed by atoms with Crippen LogP contribution in [0.15, 0.2) is 10.6 Å². The molecule has 0 radical (unpaired) electrons. The Hall–Kier alpha value is -2.64. The van der Waals surface area contributed by atoms with Crippen molar-refractivity contribution < 1.29 is 14.1 Å². The van der Waals surface area contributed by atoms with E-state index >= 15 is 0 Å². The van der Waals surface area contributed by atoms with Crippen LogP contribution in [0.4, 0.5) is 4.79 Å². The topological polar surface area (TPSA) is 91.6 Å². The molecule has 0 aromatic carbocycles. The van der Waals surface area contributed by atoms with E-state index in [4.69, 9.17) is 4.52 Å². The van der Waals surface area contributed by atoms with Crippen LogP contribution in [0.25, 0.3) is 11.1 Å². The van der Waals surface area contributed by atoms with Crippen molar-refractivity contribution in [2.75, 3.05) is 26.2 Å². The third-order valence-electron chi connectivity index (χ3n) is 6.25. The van der Waals surface area contributed by atoms with Gasteiger partial charge in [0.2, 0.25) is 0 Å². The van der Waals surface area contributed by atoms with E-state index in [2.05, 4.69) is 15.5 Å². The normalized spacial score (nSPS) is 18.3. The molecule has 4 rings (SSSR count). The molecule has 3 amide bonds. The van der Waals surface area contributed by atoms with Crippen molar-refractivity contribution >= 4 is 23.0 Å². The van der Waals surface area contributed by atoms with Crippen molar-refractivity contribution in [2.45, 2.75) is 64.8 Å². The van der Waals surface area contributed by atoms with Gasteiger partial charge in [0.05, 0.1) is 16.6 Å². The smallest absolute Gasteiger partial charge is 0.317 e. The van der Waals surface area contributed by atoms with Crippen LogP contribution in [0.2, 0.25) is 0 Å². The molecule has 30 heavy (non-hydrogen) atoms. The summed E-state index contributed by atoms with van der Waals surface area (Å²) >= 11 is 0. The van der Waals surface area contributed by atoms with E-state index in [1.807, 2.05) is 36.6 Å². The minimum atomic E-state index is -0.0528. The Balaban J connectivity index is 1.44. The van der Waals surface area contributed by atoms with Crippen molar-refractivity contribution in [1.82, 2.24) is 25.3 Å². The molecular formula is C22H31N5O3. The molecule has 0 bridgehead atoms. The van der Waals surface area contributed by atoms with E-state index in [-0.39, 0.29) is 17.9 Å². The zero-order valence-electron chi connectivity index (χ0n) is 18.1. The molecule has 1 aliphatic carbocycles. The van der Waals surface area contributed by atoms with Gasteiger partial charge in [-0.2, -0.15) is 0 Å². The lowest BCUT2D eigenvalue weighted by molar-refractivity contribution is 0.0664. The Morgan fingerprint density at radius 2 is 1.77 bits per heavy atom. The van der Waals surface area contributed by atoms with Crippen LogP contribution in [-0.4, -0.2) is 64.1 Å². The first-order valence-electron chi connectivity index (χ1n) is 11.1. The maximum absolute atomic E-state index is 13.3. The summed E-state index contributed by atoms with van der Waals surface area (Å²) in [4.78, 5) is 34.1. The van der Waals surface area contributed by atoms with Gasteiger partial charge in [-0.05, 0) is 31.7 Å². The predicted octanol–water partition coefficient (Wildman–Crippen LogP) is 3.45. The van der Waals surface area contributed by atoms with E-state index < -0.39 is 0 Å². The van der Waals surface area contributed by atoms with E-state index in [1.54, 1.807) is 0 Å². The van der Waals surface area contributed by atoms with Gasteiger partial charge in [0.1, 0.15) is 0 Å². The number of fused-ring (bicyclic) bond motifs is 1. The fourth-order valence-electron chi connectivity index (χ4n) is 4.37. The first-order chi connectivity index (χ1) is 14.4. The summed E-state index contributed by atoms with van der Waals surface area (Å²) in [5.41, 5.74) is 2.48. The van der Waals surface area contributed by atoms with Crippen LogP contribution >= 0.6 is 0 Å². The number of amides is 3. The standard InChI is InChI=1S/C22H31N5O3/c1-14(2)18-13-17(19-15(3)25-30-20(19)24-18)21(28)26-9-11-27(12-10-26)22(29)23-16-7-5-4-6-8-16/h13-14,16H,4-12H2,1-3H3,(H,23,29). The summed E-state index contributed by atoms with van der Waals surface area (Å²) in [6, 6.07) is 2.15. The van der Waals surface area contributed by atoms with E-state index in [0.717, 1.165) is 18.5 Å². The summed E-state index contributed by atoms with van der Waals surface area (Å²) < 4.78 is 5.35. The second-order valence-corrected chi connectivity index (χ2v) is 8.76. The quantitative estimate of drug-likeness (QED) is 0.832. The molecule has 8 nitrogen and oxygen atoms in total. The van der Waals surface area contributed by atoms with Crippen LogP contribution in [0, 0.1) is 6.92 Å². The Morgan fingerprint density at radius 3 is 2.43 bits per heavy atom. The van der Waals surface area contributed by atoms with Crippen LogP contribution in [-0.2, 0) is 0 Å². The number of urea groups is 1. The summed E-state index contributed by atoms with van der Waals surface area (Å²) in [6.45, 7) is 8.01. The Morgan fingerprint density at radius 1 is 1.10 bits per heavy atom. The Labute approximate surface area is 177 Å². The average molecular weight is 414 g/mol. The average Bonchev–Trinajstić information content (AvgIpc) is 3.14. The molecule has 1 N–H and O–H groups in total. The monoisotopic (exact) mass is 413 g/mol. The number of nitrogens with zero attached hydrogens (tertiary/aromatic N) is 4. The lowest BCUT2D eigenvalue weighted by Crippen LogP contribution is -2.54. The Kier molecular flexibility index (Phi) is 5.92. The lowest BCUT2D eigenvalue weighted by Gasteiger charge is -2.36. The van der Waals surface area contributed by atoms with Gasteiger partial charge in [0, 0.05) is 37.9 Å². The van der Waals surface area contributed by atoms with E-state index in [0.29, 0.717) is 54.6 Å². The maximum Gasteiger partial charge on any atom is 0.317 e. The van der Waals surface area contributed by atoms with Crippen LogP contribution in [0.1, 0.15) is 73.6 Å². The molecule has 1 saturated carbocycles. The Bertz CT molecular complexity index is 924. The van der Waals surface area contributed by atoms with E-state index in [1.165, 1.54) is 19.3 Å². The van der Waals surface area contributed by atoms with Gasteiger partial charge in [-0.25, -0.2) is 9.78 Å². The first-order valence-corrected chi connectivity index (χ1v) is 11.1. The molecule has 1 aliphatic heterocycles. The molecule has 2 aliphatic rings. The zero-order chi connectivity index (χ0) is 21.3. The fourth-order valence-corrected chi connectivity index (χ4v) is 4.37. The third kappa shape index (κ3) is 4.13. The third-order valence-corrected chi connectivity index (χ3v) is 6.25. The molecule has 0 atom stereocenters. The fraction of sp³-hybridized carbons (Fsp3) is 0.636. The molecule has 0 spiro atoms. The van der Waals surface area contributed by atoms with Gasteiger partial charge in [-0.3, -0.25) is 4.79 Å². The highest BCUT2D eigenvalue weighted by atomic mass is 16.5. The highest BCUT2D eigenvalue weighted by Crippen LogP contribution is 2.26. The molecule has 3 heterocycles. The number of carbonyl (C=O) groups is 2. The maximum atomic E-state index is 13.3. The molecule has 1 saturated heterocycles. The van der Waals surface area contributed by atoms with Gasteiger partial charge in [0.25, 0.3) is 11.6 Å². The van der Waals surface area contributed by atoms with Crippen LogP contribution < -0.4 is 5.32 Å².